The molecule has 1 aliphatic heterocycles. The van der Waals surface area contributed by atoms with E-state index >= 15 is 0 Å². The predicted octanol–water partition coefficient (Wildman–Crippen LogP) is 3.66. The third kappa shape index (κ3) is 3.33. The van der Waals surface area contributed by atoms with Gasteiger partial charge < -0.3 is 4.90 Å². The first-order valence-electron chi connectivity index (χ1n) is 6.09. The Kier molecular flexibility index (Phi) is 4.37. The van der Waals surface area contributed by atoms with Crippen molar-refractivity contribution in [2.24, 2.45) is 0 Å². The summed E-state index contributed by atoms with van der Waals surface area (Å²) in [5, 5.41) is 0.593. The fraction of sp³-hybridized carbons (Fsp3) is 0.357. The molecule has 0 saturated carbocycles. The second kappa shape index (κ2) is 6.01. The minimum Gasteiger partial charge on any atom is -0.337 e. The van der Waals surface area contributed by atoms with Crippen molar-refractivity contribution in [3.63, 3.8) is 0 Å². The standard InChI is InChI=1S/C14H15ClFNO/c15-12-6-4-11(5-7-12)10-13(16)14(18)17-8-2-1-3-9-17/h4-7,10H,1-3,8-9H2/b13-10+. The van der Waals surface area contributed by atoms with Crippen molar-refractivity contribution in [2.75, 3.05) is 13.1 Å². The van der Waals surface area contributed by atoms with E-state index in [1.54, 1.807) is 29.2 Å². The maximum absolute atomic E-state index is 13.8. The summed E-state index contributed by atoms with van der Waals surface area (Å²) in [5.74, 6) is -1.22. The van der Waals surface area contributed by atoms with Crippen molar-refractivity contribution in [1.29, 1.82) is 0 Å². The third-order valence-corrected chi connectivity index (χ3v) is 3.26. The zero-order valence-electron chi connectivity index (χ0n) is 10.0. The molecule has 0 spiro atoms. The van der Waals surface area contributed by atoms with E-state index in [9.17, 15) is 9.18 Å². The second-order valence-electron chi connectivity index (χ2n) is 4.40. The van der Waals surface area contributed by atoms with E-state index < -0.39 is 11.7 Å². The summed E-state index contributed by atoms with van der Waals surface area (Å²) in [7, 11) is 0. The number of hydrogen-bond donors (Lipinski definition) is 0. The highest BCUT2D eigenvalue weighted by molar-refractivity contribution is 6.30. The average molecular weight is 268 g/mol. The summed E-state index contributed by atoms with van der Waals surface area (Å²) >= 11 is 5.74. The largest absolute Gasteiger partial charge is 0.337 e. The molecule has 1 fully saturated rings. The summed E-state index contributed by atoms with van der Waals surface area (Å²) in [4.78, 5) is 13.4. The van der Waals surface area contributed by atoms with Crippen LogP contribution in [0, 0.1) is 0 Å². The van der Waals surface area contributed by atoms with Crippen molar-refractivity contribution in [3.8, 4) is 0 Å². The van der Waals surface area contributed by atoms with Crippen LogP contribution in [0.3, 0.4) is 0 Å². The Morgan fingerprint density at radius 1 is 1.17 bits per heavy atom. The van der Waals surface area contributed by atoms with E-state index in [2.05, 4.69) is 0 Å². The van der Waals surface area contributed by atoms with Gasteiger partial charge in [0.15, 0.2) is 5.83 Å². The molecule has 0 aromatic heterocycles. The molecule has 1 aromatic rings. The lowest BCUT2D eigenvalue weighted by Gasteiger charge is -2.25. The average Bonchev–Trinajstić information content (AvgIpc) is 2.41. The number of piperidine rings is 1. The van der Waals surface area contributed by atoms with Crippen LogP contribution in [0.4, 0.5) is 4.39 Å². The molecule has 0 N–H and O–H groups in total. The lowest BCUT2D eigenvalue weighted by molar-refractivity contribution is -0.129. The van der Waals surface area contributed by atoms with Crippen LogP contribution in [0.2, 0.25) is 5.02 Å². The SMILES string of the molecule is O=C(/C(F)=C\c1ccc(Cl)cc1)N1CCCCC1. The fourth-order valence-corrected chi connectivity index (χ4v) is 2.14. The van der Waals surface area contributed by atoms with E-state index in [0.29, 0.717) is 23.7 Å². The van der Waals surface area contributed by atoms with E-state index in [1.807, 2.05) is 0 Å². The van der Waals surface area contributed by atoms with E-state index in [0.717, 1.165) is 19.3 Å². The maximum atomic E-state index is 13.8. The zero-order valence-corrected chi connectivity index (χ0v) is 10.8. The molecule has 96 valence electrons. The number of rotatable bonds is 2. The van der Waals surface area contributed by atoms with Crippen molar-refractivity contribution in [3.05, 3.63) is 40.7 Å². The van der Waals surface area contributed by atoms with Gasteiger partial charge in [0.05, 0.1) is 0 Å². The van der Waals surface area contributed by atoms with Crippen LogP contribution in [0.15, 0.2) is 30.1 Å². The first-order valence-corrected chi connectivity index (χ1v) is 6.46. The molecule has 1 amide bonds. The molecule has 2 nitrogen and oxygen atoms in total. The second-order valence-corrected chi connectivity index (χ2v) is 4.83. The highest BCUT2D eigenvalue weighted by Gasteiger charge is 2.20. The first kappa shape index (κ1) is 13.1. The quantitative estimate of drug-likeness (QED) is 0.749. The lowest BCUT2D eigenvalue weighted by Crippen LogP contribution is -2.35. The van der Waals surface area contributed by atoms with Gasteiger partial charge in [-0.05, 0) is 43.0 Å². The molecule has 0 bridgehead atoms. The molecule has 18 heavy (non-hydrogen) atoms. The lowest BCUT2D eigenvalue weighted by atomic mass is 10.1. The van der Waals surface area contributed by atoms with Crippen LogP contribution >= 0.6 is 11.6 Å². The van der Waals surface area contributed by atoms with Crippen molar-refractivity contribution < 1.29 is 9.18 Å². The van der Waals surface area contributed by atoms with Crippen LogP contribution < -0.4 is 0 Å². The highest BCUT2D eigenvalue weighted by Crippen LogP contribution is 2.16. The van der Waals surface area contributed by atoms with Gasteiger partial charge in [-0.2, -0.15) is 0 Å². The number of hydrogen-bond acceptors (Lipinski definition) is 1. The summed E-state index contributed by atoms with van der Waals surface area (Å²) in [6.07, 6.45) is 4.29. The Bertz CT molecular complexity index is 449. The minimum atomic E-state index is -0.709. The van der Waals surface area contributed by atoms with Gasteiger partial charge in [-0.25, -0.2) is 4.39 Å². The smallest absolute Gasteiger partial charge is 0.282 e. The van der Waals surface area contributed by atoms with Gasteiger partial charge in [0.2, 0.25) is 0 Å². The van der Waals surface area contributed by atoms with Gasteiger partial charge in [-0.15, -0.1) is 0 Å². The molecule has 1 saturated heterocycles. The number of amides is 1. The Morgan fingerprint density at radius 3 is 2.39 bits per heavy atom. The van der Waals surface area contributed by atoms with Crippen LogP contribution in [0.1, 0.15) is 24.8 Å². The van der Waals surface area contributed by atoms with E-state index in [-0.39, 0.29) is 0 Å². The molecular weight excluding hydrogens is 253 g/mol. The molecule has 1 aromatic carbocycles. The van der Waals surface area contributed by atoms with Gasteiger partial charge in [0.25, 0.3) is 5.91 Å². The summed E-state index contributed by atoms with van der Waals surface area (Å²) < 4.78 is 13.8. The first-order chi connectivity index (χ1) is 8.66. The van der Waals surface area contributed by atoms with Crippen LogP contribution in [0.25, 0.3) is 6.08 Å². The summed E-state index contributed by atoms with van der Waals surface area (Å²) in [6.45, 7) is 1.31. The predicted molar refractivity (Wildman–Crippen MR) is 71.0 cm³/mol. The van der Waals surface area contributed by atoms with Crippen molar-refractivity contribution >= 4 is 23.6 Å². The molecule has 0 aliphatic carbocycles. The molecule has 4 heteroatoms. The highest BCUT2D eigenvalue weighted by atomic mass is 35.5. The number of halogens is 2. The fourth-order valence-electron chi connectivity index (χ4n) is 2.02. The normalized spacial score (nSPS) is 16.8. The molecule has 1 heterocycles. The monoisotopic (exact) mass is 267 g/mol. The van der Waals surface area contributed by atoms with Gasteiger partial charge >= 0.3 is 0 Å². The molecule has 0 unspecified atom stereocenters. The van der Waals surface area contributed by atoms with Crippen LogP contribution in [-0.2, 0) is 4.79 Å². The van der Waals surface area contributed by atoms with Gasteiger partial charge in [-0.1, -0.05) is 23.7 Å². The van der Waals surface area contributed by atoms with Gasteiger partial charge in [0, 0.05) is 18.1 Å². The molecule has 1 aliphatic rings. The van der Waals surface area contributed by atoms with E-state index in [1.165, 1.54) is 6.08 Å². The molecule has 0 radical (unpaired) electrons. The van der Waals surface area contributed by atoms with Crippen molar-refractivity contribution in [1.82, 2.24) is 4.90 Å². The number of carbonyl (C=O) groups excluding carboxylic acids is 1. The van der Waals surface area contributed by atoms with Crippen LogP contribution in [0.5, 0.6) is 0 Å². The third-order valence-electron chi connectivity index (χ3n) is 3.01. The number of benzene rings is 1. The Labute approximate surface area is 111 Å². The van der Waals surface area contributed by atoms with Crippen LogP contribution in [-0.4, -0.2) is 23.9 Å². The number of likely N-dealkylation sites (tertiary alicyclic amines) is 1. The Morgan fingerprint density at radius 2 is 1.78 bits per heavy atom. The number of carbonyl (C=O) groups is 1. The Hall–Kier alpha value is -1.35. The topological polar surface area (TPSA) is 20.3 Å². The Balaban J connectivity index is 2.07. The number of nitrogens with zero attached hydrogens (tertiary/aromatic N) is 1. The summed E-state index contributed by atoms with van der Waals surface area (Å²) in [5.41, 5.74) is 0.641. The molecule has 0 atom stereocenters. The molecular formula is C14H15ClFNO. The maximum Gasteiger partial charge on any atom is 0.282 e. The summed E-state index contributed by atoms with van der Waals surface area (Å²) in [6, 6.07) is 6.72. The molecule has 2 rings (SSSR count). The van der Waals surface area contributed by atoms with Gasteiger partial charge in [-0.3, -0.25) is 4.79 Å². The van der Waals surface area contributed by atoms with Crippen molar-refractivity contribution in [2.45, 2.75) is 19.3 Å². The van der Waals surface area contributed by atoms with Gasteiger partial charge in [0.1, 0.15) is 0 Å². The zero-order chi connectivity index (χ0) is 13.0. The minimum absolute atomic E-state index is 0.510. The van der Waals surface area contributed by atoms with E-state index in [4.69, 9.17) is 11.6 Å².